The van der Waals surface area contributed by atoms with E-state index in [1.165, 1.54) is 0 Å². The second kappa shape index (κ2) is 7.84. The molecular formula is C12H23N5O. The summed E-state index contributed by atoms with van der Waals surface area (Å²) in [7, 11) is 5.91. The van der Waals surface area contributed by atoms with Crippen molar-refractivity contribution in [2.45, 2.75) is 6.92 Å². The molecule has 0 aliphatic carbocycles. The molecule has 0 atom stereocenters. The number of nitrogens with zero attached hydrogens (tertiary/aromatic N) is 3. The standard InChI is InChI=1S/C12H23N5O/c1-10-15-11(13-2)9-12(16-10)14-5-7-18-8-6-17(3)4/h9H,5-8H2,1-4H3,(H2,13,14,15,16). The van der Waals surface area contributed by atoms with Crippen molar-refractivity contribution >= 4 is 11.6 Å². The Morgan fingerprint density at radius 1 is 1.22 bits per heavy atom. The predicted octanol–water partition coefficient (Wildman–Crippen LogP) is 0.817. The lowest BCUT2D eigenvalue weighted by molar-refractivity contribution is 0.126. The molecule has 1 rings (SSSR count). The van der Waals surface area contributed by atoms with E-state index in [2.05, 4.69) is 25.5 Å². The van der Waals surface area contributed by atoms with Gasteiger partial charge in [0.1, 0.15) is 17.5 Å². The molecule has 0 radical (unpaired) electrons. The van der Waals surface area contributed by atoms with Crippen molar-refractivity contribution in [3.05, 3.63) is 11.9 Å². The summed E-state index contributed by atoms with van der Waals surface area (Å²) < 4.78 is 5.49. The number of hydrogen-bond acceptors (Lipinski definition) is 6. The Morgan fingerprint density at radius 2 is 1.94 bits per heavy atom. The Labute approximate surface area is 109 Å². The van der Waals surface area contributed by atoms with E-state index >= 15 is 0 Å². The Kier molecular flexibility index (Phi) is 6.38. The van der Waals surface area contributed by atoms with E-state index < -0.39 is 0 Å². The van der Waals surface area contributed by atoms with Crippen LogP contribution in [0, 0.1) is 6.92 Å². The van der Waals surface area contributed by atoms with Gasteiger partial charge in [0, 0.05) is 26.2 Å². The average molecular weight is 253 g/mol. The van der Waals surface area contributed by atoms with Crippen LogP contribution in [-0.2, 0) is 4.74 Å². The van der Waals surface area contributed by atoms with Crippen LogP contribution in [0.25, 0.3) is 0 Å². The first-order valence-electron chi connectivity index (χ1n) is 6.11. The van der Waals surface area contributed by atoms with Crippen molar-refractivity contribution < 1.29 is 4.74 Å². The van der Waals surface area contributed by atoms with Crippen molar-refractivity contribution in [2.75, 3.05) is 58.1 Å². The largest absolute Gasteiger partial charge is 0.378 e. The van der Waals surface area contributed by atoms with Crippen molar-refractivity contribution in [2.24, 2.45) is 0 Å². The molecule has 18 heavy (non-hydrogen) atoms. The summed E-state index contributed by atoms with van der Waals surface area (Å²) in [6, 6.07) is 1.88. The molecular weight excluding hydrogens is 230 g/mol. The highest BCUT2D eigenvalue weighted by molar-refractivity contribution is 5.46. The van der Waals surface area contributed by atoms with E-state index in [9.17, 15) is 0 Å². The van der Waals surface area contributed by atoms with Gasteiger partial charge < -0.3 is 20.3 Å². The van der Waals surface area contributed by atoms with Crippen molar-refractivity contribution in [1.82, 2.24) is 14.9 Å². The topological polar surface area (TPSA) is 62.3 Å². The third-order valence-electron chi connectivity index (χ3n) is 2.33. The Bertz CT molecular complexity index is 356. The molecule has 102 valence electrons. The molecule has 0 spiro atoms. The summed E-state index contributed by atoms with van der Waals surface area (Å²) in [5.41, 5.74) is 0. The molecule has 2 N–H and O–H groups in total. The number of nitrogens with one attached hydrogen (secondary N) is 2. The average Bonchev–Trinajstić information content (AvgIpc) is 2.32. The van der Waals surface area contributed by atoms with Crippen LogP contribution in [0.3, 0.4) is 0 Å². The van der Waals surface area contributed by atoms with E-state index in [4.69, 9.17) is 4.74 Å². The van der Waals surface area contributed by atoms with Gasteiger partial charge in [0.15, 0.2) is 0 Å². The number of anilines is 2. The lowest BCUT2D eigenvalue weighted by Crippen LogP contribution is -2.20. The highest BCUT2D eigenvalue weighted by Crippen LogP contribution is 2.09. The van der Waals surface area contributed by atoms with Gasteiger partial charge in [-0.25, -0.2) is 9.97 Å². The van der Waals surface area contributed by atoms with E-state index in [-0.39, 0.29) is 0 Å². The molecule has 0 unspecified atom stereocenters. The van der Waals surface area contributed by atoms with Crippen LogP contribution in [0.4, 0.5) is 11.6 Å². The fraction of sp³-hybridized carbons (Fsp3) is 0.667. The maximum atomic E-state index is 5.49. The van der Waals surface area contributed by atoms with Gasteiger partial charge in [-0.2, -0.15) is 0 Å². The van der Waals surface area contributed by atoms with Crippen molar-refractivity contribution in [3.63, 3.8) is 0 Å². The lowest BCUT2D eigenvalue weighted by atomic mass is 10.5. The van der Waals surface area contributed by atoms with Crippen LogP contribution in [0.5, 0.6) is 0 Å². The Hall–Kier alpha value is -1.40. The summed E-state index contributed by atoms with van der Waals surface area (Å²) in [6.45, 7) is 4.98. The zero-order chi connectivity index (χ0) is 13.4. The lowest BCUT2D eigenvalue weighted by Gasteiger charge is -2.11. The number of aromatic nitrogens is 2. The zero-order valence-electron chi connectivity index (χ0n) is 11.7. The van der Waals surface area contributed by atoms with Gasteiger partial charge in [0.25, 0.3) is 0 Å². The van der Waals surface area contributed by atoms with Gasteiger partial charge in [-0.3, -0.25) is 0 Å². The summed E-state index contributed by atoms with van der Waals surface area (Å²) in [6.07, 6.45) is 0. The molecule has 6 heteroatoms. The zero-order valence-corrected chi connectivity index (χ0v) is 11.7. The number of rotatable bonds is 8. The van der Waals surface area contributed by atoms with Gasteiger partial charge in [-0.05, 0) is 21.0 Å². The SMILES string of the molecule is CNc1cc(NCCOCCN(C)C)nc(C)n1. The quantitative estimate of drug-likeness (QED) is 0.669. The molecule has 0 aliphatic rings. The van der Waals surface area contributed by atoms with Gasteiger partial charge in [-0.15, -0.1) is 0 Å². The van der Waals surface area contributed by atoms with Gasteiger partial charge in [-0.1, -0.05) is 0 Å². The maximum Gasteiger partial charge on any atom is 0.131 e. The second-order valence-corrected chi connectivity index (χ2v) is 4.28. The van der Waals surface area contributed by atoms with Gasteiger partial charge in [0.2, 0.25) is 0 Å². The van der Waals surface area contributed by atoms with Crippen LogP contribution in [0.15, 0.2) is 6.07 Å². The number of hydrogen-bond donors (Lipinski definition) is 2. The smallest absolute Gasteiger partial charge is 0.131 e. The van der Waals surface area contributed by atoms with Crippen LogP contribution < -0.4 is 10.6 Å². The summed E-state index contributed by atoms with van der Waals surface area (Å²) >= 11 is 0. The molecule has 0 fully saturated rings. The van der Waals surface area contributed by atoms with E-state index in [0.29, 0.717) is 6.61 Å². The molecule has 0 aliphatic heterocycles. The highest BCUT2D eigenvalue weighted by Gasteiger charge is 1.99. The number of ether oxygens (including phenoxy) is 1. The molecule has 1 aromatic heterocycles. The van der Waals surface area contributed by atoms with Crippen LogP contribution in [-0.4, -0.2) is 62.3 Å². The predicted molar refractivity (Wildman–Crippen MR) is 74.2 cm³/mol. The van der Waals surface area contributed by atoms with Crippen molar-refractivity contribution in [3.8, 4) is 0 Å². The van der Waals surface area contributed by atoms with Crippen molar-refractivity contribution in [1.29, 1.82) is 0 Å². The van der Waals surface area contributed by atoms with Crippen LogP contribution in [0.2, 0.25) is 0 Å². The molecule has 0 saturated carbocycles. The maximum absolute atomic E-state index is 5.49. The first-order valence-corrected chi connectivity index (χ1v) is 6.11. The number of likely N-dealkylation sites (N-methyl/N-ethyl adjacent to an activating group) is 1. The first kappa shape index (κ1) is 14.7. The third-order valence-corrected chi connectivity index (χ3v) is 2.33. The molecule has 0 aromatic carbocycles. The number of aryl methyl sites for hydroxylation is 1. The molecule has 1 aromatic rings. The normalized spacial score (nSPS) is 10.7. The molecule has 1 heterocycles. The fourth-order valence-electron chi connectivity index (χ4n) is 1.39. The van der Waals surface area contributed by atoms with Gasteiger partial charge in [0.05, 0.1) is 13.2 Å². The highest BCUT2D eigenvalue weighted by atomic mass is 16.5. The van der Waals surface area contributed by atoms with E-state index in [1.807, 2.05) is 34.1 Å². The summed E-state index contributed by atoms with van der Waals surface area (Å²) in [5.74, 6) is 2.39. The van der Waals surface area contributed by atoms with E-state index in [0.717, 1.165) is 37.2 Å². The molecule has 6 nitrogen and oxygen atoms in total. The Balaban J connectivity index is 2.24. The third kappa shape index (κ3) is 5.79. The van der Waals surface area contributed by atoms with Crippen LogP contribution >= 0.6 is 0 Å². The summed E-state index contributed by atoms with van der Waals surface area (Å²) in [5, 5.41) is 6.22. The van der Waals surface area contributed by atoms with E-state index in [1.54, 1.807) is 0 Å². The minimum atomic E-state index is 0.672. The van der Waals surface area contributed by atoms with Crippen LogP contribution in [0.1, 0.15) is 5.82 Å². The van der Waals surface area contributed by atoms with Gasteiger partial charge >= 0.3 is 0 Å². The molecule has 0 bridgehead atoms. The summed E-state index contributed by atoms with van der Waals surface area (Å²) in [4.78, 5) is 10.6. The second-order valence-electron chi connectivity index (χ2n) is 4.28. The molecule has 0 amide bonds. The fourth-order valence-corrected chi connectivity index (χ4v) is 1.39. The molecule has 0 saturated heterocycles. The monoisotopic (exact) mass is 253 g/mol. The minimum absolute atomic E-state index is 0.672. The minimum Gasteiger partial charge on any atom is -0.378 e. The Morgan fingerprint density at radius 3 is 2.61 bits per heavy atom. The first-order chi connectivity index (χ1) is 8.61.